The van der Waals surface area contributed by atoms with Gasteiger partial charge in [-0.05, 0) is 32.4 Å². The number of hydrogen-bond acceptors (Lipinski definition) is 3. The molecule has 0 aliphatic rings. The Morgan fingerprint density at radius 2 is 2.13 bits per heavy atom. The van der Waals surface area contributed by atoms with Crippen molar-refractivity contribution in [3.63, 3.8) is 0 Å². The first-order valence-electron chi connectivity index (χ1n) is 5.29. The fraction of sp³-hybridized carbons (Fsp3) is 0.500. The van der Waals surface area contributed by atoms with Crippen LogP contribution in [0.3, 0.4) is 0 Å². The molecule has 0 spiro atoms. The molecular formula is C12H20N2O. The lowest BCUT2D eigenvalue weighted by atomic mass is 10.00. The summed E-state index contributed by atoms with van der Waals surface area (Å²) < 4.78 is 5.29. The highest BCUT2D eigenvalue weighted by Crippen LogP contribution is 2.27. The first-order valence-corrected chi connectivity index (χ1v) is 5.29. The first kappa shape index (κ1) is 12.0. The zero-order valence-corrected chi connectivity index (χ0v) is 9.49. The minimum absolute atomic E-state index is 0.0170. The quantitative estimate of drug-likeness (QED) is 0.774. The molecule has 15 heavy (non-hydrogen) atoms. The molecule has 1 aromatic carbocycles. The molecule has 84 valence electrons. The third kappa shape index (κ3) is 3.22. The molecule has 0 heterocycles. The molecule has 0 bridgehead atoms. The number of ether oxygens (including phenoxy) is 1. The zero-order valence-electron chi connectivity index (χ0n) is 9.49. The second kappa shape index (κ2) is 5.73. The lowest BCUT2D eigenvalue weighted by molar-refractivity contribution is 0.403. The van der Waals surface area contributed by atoms with Gasteiger partial charge in [-0.1, -0.05) is 17.7 Å². The summed E-state index contributed by atoms with van der Waals surface area (Å²) in [5.74, 6) is 0.866. The molecule has 4 N–H and O–H groups in total. The van der Waals surface area contributed by atoms with Crippen molar-refractivity contribution in [1.82, 2.24) is 0 Å². The van der Waals surface area contributed by atoms with Crippen LogP contribution in [-0.4, -0.2) is 13.7 Å². The zero-order chi connectivity index (χ0) is 11.3. The fourth-order valence-corrected chi connectivity index (χ4v) is 1.64. The van der Waals surface area contributed by atoms with Crippen LogP contribution in [0.25, 0.3) is 0 Å². The van der Waals surface area contributed by atoms with Gasteiger partial charge in [-0.25, -0.2) is 0 Å². The molecule has 0 radical (unpaired) electrons. The van der Waals surface area contributed by atoms with Crippen molar-refractivity contribution in [1.29, 1.82) is 0 Å². The first-order chi connectivity index (χ1) is 7.19. The summed E-state index contributed by atoms with van der Waals surface area (Å²) in [5, 5.41) is 0. The summed E-state index contributed by atoms with van der Waals surface area (Å²) in [6, 6.07) is 6.09. The van der Waals surface area contributed by atoms with Crippen LogP contribution in [0.2, 0.25) is 0 Å². The van der Waals surface area contributed by atoms with E-state index in [1.54, 1.807) is 7.11 Å². The van der Waals surface area contributed by atoms with Gasteiger partial charge in [0.1, 0.15) is 5.75 Å². The summed E-state index contributed by atoms with van der Waals surface area (Å²) in [6.07, 6.45) is 1.84. The molecule has 0 fully saturated rings. The van der Waals surface area contributed by atoms with Gasteiger partial charge in [0.25, 0.3) is 0 Å². The van der Waals surface area contributed by atoms with Crippen molar-refractivity contribution >= 4 is 0 Å². The van der Waals surface area contributed by atoms with E-state index in [0.717, 1.165) is 24.2 Å². The summed E-state index contributed by atoms with van der Waals surface area (Å²) >= 11 is 0. The Hall–Kier alpha value is -1.06. The maximum atomic E-state index is 6.09. The van der Waals surface area contributed by atoms with Gasteiger partial charge in [0.2, 0.25) is 0 Å². The Morgan fingerprint density at radius 3 is 2.73 bits per heavy atom. The van der Waals surface area contributed by atoms with E-state index in [4.69, 9.17) is 16.2 Å². The van der Waals surface area contributed by atoms with Crippen molar-refractivity contribution in [2.75, 3.05) is 13.7 Å². The molecule has 0 saturated carbocycles. The van der Waals surface area contributed by atoms with Crippen LogP contribution < -0.4 is 16.2 Å². The Bertz CT molecular complexity index is 312. The molecule has 0 aliphatic carbocycles. The molecule has 1 atom stereocenters. The molecule has 1 unspecified atom stereocenters. The minimum atomic E-state index is 0.0170. The SMILES string of the molecule is COc1ccc(C)cc1C(N)CCCN. The largest absolute Gasteiger partial charge is 0.496 e. The average molecular weight is 208 g/mol. The van der Waals surface area contributed by atoms with Crippen LogP contribution in [0, 0.1) is 6.92 Å². The lowest BCUT2D eigenvalue weighted by Crippen LogP contribution is -2.13. The van der Waals surface area contributed by atoms with Crippen molar-refractivity contribution in [3.05, 3.63) is 29.3 Å². The monoisotopic (exact) mass is 208 g/mol. The van der Waals surface area contributed by atoms with Gasteiger partial charge in [0.15, 0.2) is 0 Å². The second-order valence-electron chi connectivity index (χ2n) is 3.78. The van der Waals surface area contributed by atoms with E-state index in [9.17, 15) is 0 Å². The van der Waals surface area contributed by atoms with E-state index < -0.39 is 0 Å². The van der Waals surface area contributed by atoms with Crippen LogP contribution in [0.5, 0.6) is 5.75 Å². The average Bonchev–Trinajstić information content (AvgIpc) is 2.25. The summed E-state index contributed by atoms with van der Waals surface area (Å²) in [4.78, 5) is 0. The van der Waals surface area contributed by atoms with Gasteiger partial charge in [-0.2, -0.15) is 0 Å². The van der Waals surface area contributed by atoms with Crippen LogP contribution >= 0.6 is 0 Å². The van der Waals surface area contributed by atoms with Gasteiger partial charge in [-0.3, -0.25) is 0 Å². The maximum absolute atomic E-state index is 6.09. The van der Waals surface area contributed by atoms with Gasteiger partial charge in [0.05, 0.1) is 7.11 Å². The predicted molar refractivity (Wildman–Crippen MR) is 62.9 cm³/mol. The van der Waals surface area contributed by atoms with E-state index in [1.165, 1.54) is 5.56 Å². The van der Waals surface area contributed by atoms with Crippen LogP contribution in [0.1, 0.15) is 30.0 Å². The predicted octanol–water partition coefficient (Wildman–Crippen LogP) is 1.74. The molecule has 0 saturated heterocycles. The summed E-state index contributed by atoms with van der Waals surface area (Å²) in [5.41, 5.74) is 13.8. The minimum Gasteiger partial charge on any atom is -0.496 e. The van der Waals surface area contributed by atoms with Crippen LogP contribution in [0.15, 0.2) is 18.2 Å². The van der Waals surface area contributed by atoms with Gasteiger partial charge >= 0.3 is 0 Å². The molecule has 3 heteroatoms. The van der Waals surface area contributed by atoms with E-state index in [0.29, 0.717) is 6.54 Å². The standard InChI is InChI=1S/C12H20N2O/c1-9-5-6-12(15-2)10(8-9)11(14)4-3-7-13/h5-6,8,11H,3-4,7,13-14H2,1-2H3. The van der Waals surface area contributed by atoms with Gasteiger partial charge < -0.3 is 16.2 Å². The second-order valence-corrected chi connectivity index (χ2v) is 3.78. The Morgan fingerprint density at radius 1 is 1.40 bits per heavy atom. The van der Waals surface area contributed by atoms with E-state index in [-0.39, 0.29) is 6.04 Å². The third-order valence-electron chi connectivity index (χ3n) is 2.50. The number of nitrogens with two attached hydrogens (primary N) is 2. The van der Waals surface area contributed by atoms with Crippen LogP contribution in [-0.2, 0) is 0 Å². The number of hydrogen-bond donors (Lipinski definition) is 2. The topological polar surface area (TPSA) is 61.3 Å². The molecule has 0 aliphatic heterocycles. The van der Waals surface area contributed by atoms with E-state index in [2.05, 4.69) is 13.0 Å². The Kier molecular flexibility index (Phi) is 4.59. The highest BCUT2D eigenvalue weighted by Gasteiger charge is 2.11. The third-order valence-corrected chi connectivity index (χ3v) is 2.50. The molecular weight excluding hydrogens is 188 g/mol. The maximum Gasteiger partial charge on any atom is 0.123 e. The van der Waals surface area contributed by atoms with Gasteiger partial charge in [-0.15, -0.1) is 0 Å². The van der Waals surface area contributed by atoms with E-state index in [1.807, 2.05) is 12.1 Å². The molecule has 3 nitrogen and oxygen atoms in total. The number of benzene rings is 1. The van der Waals surface area contributed by atoms with Crippen LogP contribution in [0.4, 0.5) is 0 Å². The smallest absolute Gasteiger partial charge is 0.123 e. The molecule has 0 amide bonds. The summed E-state index contributed by atoms with van der Waals surface area (Å²) in [7, 11) is 1.67. The molecule has 0 aromatic heterocycles. The highest BCUT2D eigenvalue weighted by molar-refractivity contribution is 5.38. The van der Waals surface area contributed by atoms with Crippen molar-refractivity contribution in [2.45, 2.75) is 25.8 Å². The fourth-order valence-electron chi connectivity index (χ4n) is 1.64. The molecule has 1 rings (SSSR count). The van der Waals surface area contributed by atoms with Crippen molar-refractivity contribution < 1.29 is 4.74 Å². The molecule has 1 aromatic rings. The van der Waals surface area contributed by atoms with Crippen molar-refractivity contribution in [2.24, 2.45) is 11.5 Å². The van der Waals surface area contributed by atoms with Crippen molar-refractivity contribution in [3.8, 4) is 5.75 Å². The Balaban J connectivity index is 2.85. The lowest BCUT2D eigenvalue weighted by Gasteiger charge is -2.16. The Labute approximate surface area is 91.4 Å². The highest BCUT2D eigenvalue weighted by atomic mass is 16.5. The number of rotatable bonds is 5. The van der Waals surface area contributed by atoms with E-state index >= 15 is 0 Å². The normalized spacial score (nSPS) is 12.5. The number of aryl methyl sites for hydroxylation is 1. The summed E-state index contributed by atoms with van der Waals surface area (Å²) in [6.45, 7) is 2.74. The number of methoxy groups -OCH3 is 1. The van der Waals surface area contributed by atoms with Gasteiger partial charge in [0, 0.05) is 11.6 Å².